The van der Waals surface area contributed by atoms with Crippen molar-refractivity contribution in [2.24, 2.45) is 0 Å². The van der Waals surface area contributed by atoms with E-state index in [9.17, 15) is 9.18 Å². The van der Waals surface area contributed by atoms with Crippen LogP contribution in [-0.4, -0.2) is 19.1 Å². The Hall–Kier alpha value is -1.33. The summed E-state index contributed by atoms with van der Waals surface area (Å²) in [6.07, 6.45) is -0.789. The third-order valence-corrected chi connectivity index (χ3v) is 2.06. The van der Waals surface area contributed by atoms with Crippen LogP contribution >= 0.6 is 11.6 Å². The highest BCUT2D eigenvalue weighted by atomic mass is 35.5. The fourth-order valence-electron chi connectivity index (χ4n) is 0.998. The number of benzene rings is 1. The first kappa shape index (κ1) is 12.7. The van der Waals surface area contributed by atoms with Gasteiger partial charge in [-0.1, -0.05) is 11.6 Å². The van der Waals surface area contributed by atoms with E-state index in [1.165, 1.54) is 26.2 Å². The Bertz CT molecular complexity index is 386. The number of carbonyl (C=O) groups excluding carboxylic acids is 1. The number of rotatable bonds is 4. The van der Waals surface area contributed by atoms with Gasteiger partial charge in [0.1, 0.15) is 11.6 Å². The van der Waals surface area contributed by atoms with E-state index in [1.807, 2.05) is 0 Å². The summed E-state index contributed by atoms with van der Waals surface area (Å²) in [5.41, 5.74) is 2.12. The Morgan fingerprint density at radius 1 is 1.56 bits per heavy atom. The lowest BCUT2D eigenvalue weighted by atomic mass is 10.3. The van der Waals surface area contributed by atoms with Crippen molar-refractivity contribution in [1.82, 2.24) is 5.48 Å². The third-order valence-electron chi connectivity index (χ3n) is 1.77. The quantitative estimate of drug-likeness (QED) is 0.827. The smallest absolute Gasteiger partial charge is 0.284 e. The van der Waals surface area contributed by atoms with Crippen molar-refractivity contribution in [3.63, 3.8) is 0 Å². The number of carbonyl (C=O) groups is 1. The molecule has 0 aromatic heterocycles. The van der Waals surface area contributed by atoms with Crippen LogP contribution in [-0.2, 0) is 9.63 Å². The highest BCUT2D eigenvalue weighted by molar-refractivity contribution is 6.32. The van der Waals surface area contributed by atoms with Crippen molar-refractivity contribution in [2.45, 2.75) is 13.0 Å². The Labute approximate surface area is 97.3 Å². The van der Waals surface area contributed by atoms with Gasteiger partial charge in [0, 0.05) is 0 Å². The second kappa shape index (κ2) is 5.67. The molecule has 1 atom stereocenters. The van der Waals surface area contributed by atoms with Gasteiger partial charge in [-0.05, 0) is 25.1 Å². The molecular weight excluding hydrogens is 237 g/mol. The van der Waals surface area contributed by atoms with Crippen LogP contribution in [0.25, 0.3) is 0 Å². The van der Waals surface area contributed by atoms with Gasteiger partial charge in [-0.3, -0.25) is 9.63 Å². The maximum atomic E-state index is 12.7. The van der Waals surface area contributed by atoms with Crippen LogP contribution < -0.4 is 10.2 Å². The first-order valence-corrected chi connectivity index (χ1v) is 4.87. The average Bonchev–Trinajstić information content (AvgIpc) is 2.22. The summed E-state index contributed by atoms with van der Waals surface area (Å²) in [6.45, 7) is 1.52. The molecule has 0 fully saturated rings. The lowest BCUT2D eigenvalue weighted by molar-refractivity contribution is -0.137. The highest BCUT2D eigenvalue weighted by Gasteiger charge is 2.15. The van der Waals surface area contributed by atoms with Gasteiger partial charge in [-0.25, -0.2) is 9.87 Å². The van der Waals surface area contributed by atoms with Crippen molar-refractivity contribution in [2.75, 3.05) is 7.11 Å². The third kappa shape index (κ3) is 3.36. The molecule has 0 aliphatic rings. The summed E-state index contributed by atoms with van der Waals surface area (Å²) >= 11 is 5.73. The fraction of sp³-hybridized carbons (Fsp3) is 0.300. The molecule has 0 radical (unpaired) electrons. The summed E-state index contributed by atoms with van der Waals surface area (Å²) in [5, 5.41) is 0.108. The summed E-state index contributed by atoms with van der Waals surface area (Å²) in [7, 11) is 1.31. The van der Waals surface area contributed by atoms with Crippen LogP contribution in [0.5, 0.6) is 5.75 Å². The maximum Gasteiger partial charge on any atom is 0.284 e. The molecule has 0 heterocycles. The van der Waals surface area contributed by atoms with E-state index in [4.69, 9.17) is 16.3 Å². The van der Waals surface area contributed by atoms with Crippen LogP contribution in [0.15, 0.2) is 18.2 Å². The second-order valence-electron chi connectivity index (χ2n) is 3.01. The number of hydrogen-bond donors (Lipinski definition) is 1. The number of nitrogens with one attached hydrogen (secondary N) is 1. The monoisotopic (exact) mass is 247 g/mol. The van der Waals surface area contributed by atoms with Crippen molar-refractivity contribution in [3.8, 4) is 5.75 Å². The van der Waals surface area contributed by atoms with Crippen molar-refractivity contribution in [1.29, 1.82) is 0 Å². The number of halogens is 2. The zero-order chi connectivity index (χ0) is 12.1. The molecule has 0 aliphatic heterocycles. The Morgan fingerprint density at radius 2 is 2.25 bits per heavy atom. The van der Waals surface area contributed by atoms with Gasteiger partial charge >= 0.3 is 0 Å². The van der Waals surface area contributed by atoms with Gasteiger partial charge < -0.3 is 4.74 Å². The minimum Gasteiger partial charge on any atom is -0.479 e. The second-order valence-corrected chi connectivity index (χ2v) is 3.41. The number of hydrogen-bond acceptors (Lipinski definition) is 3. The minimum absolute atomic E-state index is 0.108. The maximum absolute atomic E-state index is 12.7. The van der Waals surface area contributed by atoms with Gasteiger partial charge in [-0.2, -0.15) is 0 Å². The molecule has 1 rings (SSSR count). The molecule has 1 aromatic carbocycles. The number of amides is 1. The van der Waals surface area contributed by atoms with E-state index in [0.29, 0.717) is 0 Å². The molecule has 1 aromatic rings. The molecule has 16 heavy (non-hydrogen) atoms. The average molecular weight is 248 g/mol. The summed E-state index contributed by atoms with van der Waals surface area (Å²) < 4.78 is 17.9. The summed E-state index contributed by atoms with van der Waals surface area (Å²) in [6, 6.07) is 3.66. The van der Waals surface area contributed by atoms with Crippen LogP contribution in [0.2, 0.25) is 5.02 Å². The molecule has 1 amide bonds. The van der Waals surface area contributed by atoms with E-state index in [0.717, 1.165) is 6.07 Å². The first-order valence-electron chi connectivity index (χ1n) is 4.49. The van der Waals surface area contributed by atoms with Gasteiger partial charge in [0.05, 0.1) is 12.1 Å². The normalized spacial score (nSPS) is 12.0. The van der Waals surface area contributed by atoms with Crippen LogP contribution in [0.1, 0.15) is 6.92 Å². The molecule has 0 aliphatic carbocycles. The van der Waals surface area contributed by atoms with Gasteiger partial charge in [0.25, 0.3) is 5.91 Å². The number of hydroxylamine groups is 1. The van der Waals surface area contributed by atoms with Crippen molar-refractivity contribution < 1.29 is 18.8 Å². The van der Waals surface area contributed by atoms with Crippen LogP contribution in [0.3, 0.4) is 0 Å². The van der Waals surface area contributed by atoms with E-state index in [1.54, 1.807) is 0 Å². The van der Waals surface area contributed by atoms with Crippen LogP contribution in [0.4, 0.5) is 4.39 Å². The Morgan fingerprint density at radius 3 is 2.81 bits per heavy atom. The lowest BCUT2D eigenvalue weighted by Crippen LogP contribution is -2.35. The van der Waals surface area contributed by atoms with Gasteiger partial charge in [-0.15, -0.1) is 0 Å². The Kier molecular flexibility index (Phi) is 4.52. The molecular formula is C10H11ClFNO3. The first-order chi connectivity index (χ1) is 7.54. The zero-order valence-corrected chi connectivity index (χ0v) is 9.55. The molecule has 0 spiro atoms. The van der Waals surface area contributed by atoms with Gasteiger partial charge in [0.15, 0.2) is 6.10 Å². The summed E-state index contributed by atoms with van der Waals surface area (Å²) in [5.74, 6) is -0.684. The number of ether oxygens (including phenoxy) is 1. The molecule has 1 N–H and O–H groups in total. The van der Waals surface area contributed by atoms with Crippen molar-refractivity contribution >= 4 is 17.5 Å². The molecule has 0 saturated carbocycles. The lowest BCUT2D eigenvalue weighted by Gasteiger charge is -2.14. The van der Waals surface area contributed by atoms with E-state index >= 15 is 0 Å². The zero-order valence-electron chi connectivity index (χ0n) is 8.79. The van der Waals surface area contributed by atoms with E-state index in [2.05, 4.69) is 10.3 Å². The molecule has 6 heteroatoms. The molecule has 88 valence electrons. The minimum atomic E-state index is -0.789. The topological polar surface area (TPSA) is 47.6 Å². The summed E-state index contributed by atoms with van der Waals surface area (Å²) in [4.78, 5) is 15.7. The van der Waals surface area contributed by atoms with E-state index in [-0.39, 0.29) is 10.8 Å². The highest BCUT2D eigenvalue weighted by Crippen LogP contribution is 2.25. The predicted molar refractivity (Wildman–Crippen MR) is 56.7 cm³/mol. The fourth-order valence-corrected chi connectivity index (χ4v) is 1.21. The van der Waals surface area contributed by atoms with Crippen molar-refractivity contribution in [3.05, 3.63) is 29.0 Å². The van der Waals surface area contributed by atoms with E-state index < -0.39 is 17.8 Å². The largest absolute Gasteiger partial charge is 0.479 e. The molecule has 0 unspecified atom stereocenters. The predicted octanol–water partition coefficient (Wildman–Crippen LogP) is 1.92. The SMILES string of the molecule is CONC(=O)[C@@H](C)Oc1ccc(F)cc1Cl. The molecule has 0 saturated heterocycles. The standard InChI is InChI=1S/C10H11ClFNO3/c1-6(10(14)13-15-2)16-9-4-3-7(12)5-8(9)11/h3-6H,1-2H3,(H,13,14)/t6-/m1/s1. The molecule has 0 bridgehead atoms. The molecule has 4 nitrogen and oxygen atoms in total. The van der Waals surface area contributed by atoms with Gasteiger partial charge in [0.2, 0.25) is 0 Å². The van der Waals surface area contributed by atoms with Crippen LogP contribution in [0, 0.1) is 5.82 Å². The Balaban J connectivity index is 2.69.